The van der Waals surface area contributed by atoms with Gasteiger partial charge in [0, 0.05) is 37.3 Å². The third kappa shape index (κ3) is 2.58. The van der Waals surface area contributed by atoms with E-state index in [1.807, 2.05) is 0 Å². The van der Waals surface area contributed by atoms with Crippen molar-refractivity contribution in [2.45, 2.75) is 69.1 Å². The molecule has 0 spiro atoms. The van der Waals surface area contributed by atoms with Crippen LogP contribution in [0.4, 0.5) is 0 Å². The molecule has 3 heteroatoms. The molecule has 0 aromatic rings. The zero-order valence-electron chi connectivity index (χ0n) is 10.2. The molecule has 2 saturated carbocycles. The Morgan fingerprint density at radius 3 is 2.62 bits per heavy atom. The molecule has 3 rings (SSSR count). The third-order valence-electron chi connectivity index (χ3n) is 4.47. The van der Waals surface area contributed by atoms with Crippen LogP contribution in [-0.4, -0.2) is 42.2 Å². The Labute approximate surface area is 98.8 Å². The van der Waals surface area contributed by atoms with Gasteiger partial charge in [-0.05, 0) is 38.5 Å². The maximum atomic E-state index is 6.03. The number of likely N-dealkylation sites (tertiary alicyclic amines) is 1. The van der Waals surface area contributed by atoms with Crippen molar-refractivity contribution in [1.82, 2.24) is 10.2 Å². The van der Waals surface area contributed by atoms with Gasteiger partial charge < -0.3 is 11.1 Å². The van der Waals surface area contributed by atoms with Crippen LogP contribution in [0.5, 0.6) is 0 Å². The Kier molecular flexibility index (Phi) is 3.18. The number of nitrogens with one attached hydrogen (secondary N) is 1. The summed E-state index contributed by atoms with van der Waals surface area (Å²) in [5.74, 6) is 0. The molecule has 0 aromatic heterocycles. The zero-order chi connectivity index (χ0) is 11.0. The predicted molar refractivity (Wildman–Crippen MR) is 66.4 cm³/mol. The molecule has 3 N–H and O–H groups in total. The van der Waals surface area contributed by atoms with Gasteiger partial charge in [-0.1, -0.05) is 6.42 Å². The molecule has 3 atom stereocenters. The molecule has 16 heavy (non-hydrogen) atoms. The maximum Gasteiger partial charge on any atom is 0.0209 e. The minimum absolute atomic E-state index is 0.451. The summed E-state index contributed by atoms with van der Waals surface area (Å²) in [5, 5.41) is 3.84. The van der Waals surface area contributed by atoms with Crippen molar-refractivity contribution in [1.29, 1.82) is 0 Å². The second kappa shape index (κ2) is 4.63. The summed E-state index contributed by atoms with van der Waals surface area (Å²) in [5.41, 5.74) is 6.03. The minimum Gasteiger partial charge on any atom is -0.328 e. The van der Waals surface area contributed by atoms with E-state index in [4.69, 9.17) is 5.73 Å². The average Bonchev–Trinajstić information content (AvgIpc) is 3.01. The first kappa shape index (κ1) is 11.0. The minimum atomic E-state index is 0.451. The zero-order valence-corrected chi connectivity index (χ0v) is 10.2. The summed E-state index contributed by atoms with van der Waals surface area (Å²) in [7, 11) is 0. The van der Waals surface area contributed by atoms with Crippen molar-refractivity contribution >= 4 is 0 Å². The van der Waals surface area contributed by atoms with Crippen molar-refractivity contribution in [2.24, 2.45) is 5.73 Å². The molecule has 0 amide bonds. The number of hydrogen-bond donors (Lipinski definition) is 2. The lowest BCUT2D eigenvalue weighted by Gasteiger charge is -2.30. The van der Waals surface area contributed by atoms with E-state index in [1.165, 1.54) is 58.0 Å². The van der Waals surface area contributed by atoms with E-state index in [-0.39, 0.29) is 0 Å². The average molecular weight is 223 g/mol. The normalized spacial score (nSPS) is 41.4. The highest BCUT2D eigenvalue weighted by molar-refractivity contribution is 4.93. The predicted octanol–water partition coefficient (Wildman–Crippen LogP) is 1.08. The van der Waals surface area contributed by atoms with E-state index in [2.05, 4.69) is 10.2 Å². The lowest BCUT2D eigenvalue weighted by atomic mass is 9.91. The molecule has 0 aromatic carbocycles. The Hall–Kier alpha value is -0.120. The van der Waals surface area contributed by atoms with E-state index in [1.54, 1.807) is 0 Å². The number of nitrogens with zero attached hydrogens (tertiary/aromatic N) is 1. The first-order chi connectivity index (χ1) is 7.81. The van der Waals surface area contributed by atoms with Gasteiger partial charge in [0.2, 0.25) is 0 Å². The van der Waals surface area contributed by atoms with Crippen LogP contribution in [0, 0.1) is 0 Å². The largest absolute Gasteiger partial charge is 0.328 e. The van der Waals surface area contributed by atoms with Gasteiger partial charge >= 0.3 is 0 Å². The highest BCUT2D eigenvalue weighted by atomic mass is 15.2. The van der Waals surface area contributed by atoms with Gasteiger partial charge in [0.15, 0.2) is 0 Å². The fraction of sp³-hybridized carbons (Fsp3) is 1.00. The molecule has 1 saturated heterocycles. The van der Waals surface area contributed by atoms with Crippen molar-refractivity contribution in [2.75, 3.05) is 13.1 Å². The second-order valence-electron chi connectivity index (χ2n) is 6.00. The fourth-order valence-corrected chi connectivity index (χ4v) is 3.41. The second-order valence-corrected chi connectivity index (χ2v) is 6.00. The van der Waals surface area contributed by atoms with Gasteiger partial charge in [-0.15, -0.1) is 0 Å². The Bertz CT molecular complexity index is 239. The molecule has 1 heterocycles. The van der Waals surface area contributed by atoms with Crippen molar-refractivity contribution in [3.8, 4) is 0 Å². The number of nitrogens with two attached hydrogens (primary N) is 1. The topological polar surface area (TPSA) is 41.3 Å². The number of hydrogen-bond acceptors (Lipinski definition) is 3. The lowest BCUT2D eigenvalue weighted by molar-refractivity contribution is 0.287. The standard InChI is InChI=1S/C13H25N3/c14-10-2-1-3-11(8-10)15-12-6-7-16(9-12)13-4-5-13/h10-13,15H,1-9,14H2. The van der Waals surface area contributed by atoms with E-state index >= 15 is 0 Å². The summed E-state index contributed by atoms with van der Waals surface area (Å²) in [6, 6.07) is 2.84. The summed E-state index contributed by atoms with van der Waals surface area (Å²) >= 11 is 0. The van der Waals surface area contributed by atoms with Gasteiger partial charge in [0.1, 0.15) is 0 Å². The number of rotatable bonds is 3. The molecule has 92 valence electrons. The molecule has 0 bridgehead atoms. The maximum absolute atomic E-state index is 6.03. The van der Waals surface area contributed by atoms with Gasteiger partial charge in [0.05, 0.1) is 0 Å². The van der Waals surface area contributed by atoms with Crippen molar-refractivity contribution < 1.29 is 0 Å². The first-order valence-corrected chi connectivity index (χ1v) is 7.07. The quantitative estimate of drug-likeness (QED) is 0.752. The highest BCUT2D eigenvalue weighted by Crippen LogP contribution is 2.30. The fourth-order valence-electron chi connectivity index (χ4n) is 3.41. The molecule has 0 radical (unpaired) electrons. The van der Waals surface area contributed by atoms with E-state index < -0.39 is 0 Å². The Balaban J connectivity index is 1.44. The summed E-state index contributed by atoms with van der Waals surface area (Å²) < 4.78 is 0. The van der Waals surface area contributed by atoms with Crippen LogP contribution in [0.15, 0.2) is 0 Å². The monoisotopic (exact) mass is 223 g/mol. The highest BCUT2D eigenvalue weighted by Gasteiger charge is 2.35. The molecule has 2 aliphatic carbocycles. The third-order valence-corrected chi connectivity index (χ3v) is 4.47. The molecule has 3 unspecified atom stereocenters. The van der Waals surface area contributed by atoms with Crippen LogP contribution < -0.4 is 11.1 Å². The van der Waals surface area contributed by atoms with E-state index in [0.717, 1.165) is 12.1 Å². The summed E-state index contributed by atoms with van der Waals surface area (Å²) in [4.78, 5) is 2.68. The van der Waals surface area contributed by atoms with E-state index in [0.29, 0.717) is 12.1 Å². The molecular formula is C13H25N3. The van der Waals surface area contributed by atoms with Crippen LogP contribution in [0.25, 0.3) is 0 Å². The van der Waals surface area contributed by atoms with Gasteiger partial charge in [-0.25, -0.2) is 0 Å². The van der Waals surface area contributed by atoms with Crippen LogP contribution in [-0.2, 0) is 0 Å². The van der Waals surface area contributed by atoms with Crippen molar-refractivity contribution in [3.05, 3.63) is 0 Å². The lowest BCUT2D eigenvalue weighted by Crippen LogP contribution is -2.45. The van der Waals surface area contributed by atoms with Gasteiger partial charge in [0.25, 0.3) is 0 Å². The smallest absolute Gasteiger partial charge is 0.0209 e. The van der Waals surface area contributed by atoms with Crippen LogP contribution in [0.2, 0.25) is 0 Å². The molecule has 3 fully saturated rings. The van der Waals surface area contributed by atoms with E-state index in [9.17, 15) is 0 Å². The molecule has 1 aliphatic heterocycles. The van der Waals surface area contributed by atoms with Crippen LogP contribution in [0.1, 0.15) is 44.9 Å². The SMILES string of the molecule is NC1CCCC(NC2CCN(C3CC3)C2)C1. The van der Waals surface area contributed by atoms with Gasteiger partial charge in [-0.3, -0.25) is 4.90 Å². The van der Waals surface area contributed by atoms with Crippen molar-refractivity contribution in [3.63, 3.8) is 0 Å². The summed E-state index contributed by atoms with van der Waals surface area (Å²) in [6.45, 7) is 2.61. The molecule has 3 aliphatic rings. The van der Waals surface area contributed by atoms with Crippen LogP contribution in [0.3, 0.4) is 0 Å². The summed E-state index contributed by atoms with van der Waals surface area (Å²) in [6.07, 6.45) is 9.33. The molecule has 3 nitrogen and oxygen atoms in total. The Morgan fingerprint density at radius 2 is 1.88 bits per heavy atom. The van der Waals surface area contributed by atoms with Crippen LogP contribution >= 0.6 is 0 Å². The first-order valence-electron chi connectivity index (χ1n) is 7.07. The molecular weight excluding hydrogens is 198 g/mol. The van der Waals surface area contributed by atoms with Gasteiger partial charge in [-0.2, -0.15) is 0 Å². The Morgan fingerprint density at radius 1 is 1.00 bits per heavy atom.